The van der Waals surface area contributed by atoms with Crippen LogP contribution in [-0.2, 0) is 49.5 Å². The predicted molar refractivity (Wildman–Crippen MR) is 184 cm³/mol. The van der Waals surface area contributed by atoms with E-state index in [4.69, 9.17) is 14.6 Å². The maximum Gasteiger partial charge on any atom is 0.307 e. The molecule has 7 nitrogen and oxygen atoms in total. The number of carbonyl (C=O) groups excluding carboxylic acids is 2. The maximum atomic E-state index is 11.6. The molecule has 45 heavy (non-hydrogen) atoms. The molecule has 3 rings (SSSR count). The molecule has 0 bridgehead atoms. The molecule has 1 fully saturated rings. The van der Waals surface area contributed by atoms with Crippen LogP contribution in [0.3, 0.4) is 0 Å². The van der Waals surface area contributed by atoms with Gasteiger partial charge in [0.1, 0.15) is 11.2 Å². The van der Waals surface area contributed by atoms with E-state index in [0.717, 1.165) is 41.5 Å². The third-order valence-electron chi connectivity index (χ3n) is 5.84. The Hall–Kier alpha value is -3.19. The van der Waals surface area contributed by atoms with Crippen LogP contribution in [-0.4, -0.2) is 44.9 Å². The molecule has 0 aromatic heterocycles. The van der Waals surface area contributed by atoms with Crippen LogP contribution in [0.4, 0.5) is 0 Å². The van der Waals surface area contributed by atoms with Gasteiger partial charge in [-0.05, 0) is 89.5 Å². The van der Waals surface area contributed by atoms with Crippen LogP contribution >= 0.6 is 0 Å². The Morgan fingerprint density at radius 1 is 0.622 bits per heavy atom. The van der Waals surface area contributed by atoms with E-state index in [-0.39, 0.29) is 18.4 Å². The van der Waals surface area contributed by atoms with Crippen molar-refractivity contribution in [2.75, 3.05) is 0 Å². The van der Waals surface area contributed by atoms with Crippen LogP contribution in [0.2, 0.25) is 0 Å². The van der Waals surface area contributed by atoms with Gasteiger partial charge in [-0.15, -0.1) is 0 Å². The first-order chi connectivity index (χ1) is 21.0. The van der Waals surface area contributed by atoms with Crippen molar-refractivity contribution in [1.29, 1.82) is 0 Å². The lowest BCUT2D eigenvalue weighted by Crippen LogP contribution is -2.24. The zero-order valence-electron chi connectivity index (χ0n) is 30.2. The predicted octanol–water partition coefficient (Wildman–Crippen LogP) is 8.69. The van der Waals surface area contributed by atoms with E-state index in [1.165, 1.54) is 0 Å². The van der Waals surface area contributed by atoms with Crippen LogP contribution in [0.5, 0.6) is 0 Å². The molecule has 1 aliphatic rings. The Balaban J connectivity index is 0. The molecule has 0 heterocycles. The molecule has 7 heteroatoms. The normalized spacial score (nSPS) is 12.6. The number of carbonyl (C=O) groups is 3. The summed E-state index contributed by atoms with van der Waals surface area (Å²) < 4.78 is 10.5. The SMILES string of the molecule is CC.CC.CC.CC(C)(C)OC(=O)CCc1ccc(CC(=O)O)cc1.CC(C)(C)OC(=O)CCc1ccc(CC2(O)CC2)cc1. The van der Waals surface area contributed by atoms with Gasteiger partial charge in [0.25, 0.3) is 0 Å². The second-order valence-corrected chi connectivity index (χ2v) is 12.3. The van der Waals surface area contributed by atoms with Crippen molar-refractivity contribution in [1.82, 2.24) is 0 Å². The van der Waals surface area contributed by atoms with E-state index in [1.54, 1.807) is 12.1 Å². The molecule has 1 aliphatic carbocycles. The highest BCUT2D eigenvalue weighted by atomic mass is 16.6. The average molecular weight is 631 g/mol. The number of carboxylic acid groups (broad SMARTS) is 1. The van der Waals surface area contributed by atoms with Crippen LogP contribution < -0.4 is 0 Å². The third-order valence-corrected chi connectivity index (χ3v) is 5.84. The largest absolute Gasteiger partial charge is 0.481 e. The number of aliphatic carboxylic acids is 1. The zero-order valence-corrected chi connectivity index (χ0v) is 30.2. The second kappa shape index (κ2) is 22.3. The lowest BCUT2D eigenvalue weighted by atomic mass is 10.0. The first-order valence-corrected chi connectivity index (χ1v) is 16.6. The Morgan fingerprint density at radius 2 is 0.933 bits per heavy atom. The molecule has 1 saturated carbocycles. The summed E-state index contributed by atoms with van der Waals surface area (Å²) in [5.41, 5.74) is 2.73. The van der Waals surface area contributed by atoms with E-state index >= 15 is 0 Å². The van der Waals surface area contributed by atoms with Crippen LogP contribution in [0.25, 0.3) is 0 Å². The van der Waals surface area contributed by atoms with Gasteiger partial charge in [-0.25, -0.2) is 0 Å². The van der Waals surface area contributed by atoms with E-state index < -0.39 is 22.8 Å². The number of hydrogen-bond donors (Lipinski definition) is 2. The summed E-state index contributed by atoms with van der Waals surface area (Å²) in [5.74, 6) is -1.22. The minimum Gasteiger partial charge on any atom is -0.481 e. The Labute approximate surface area is 273 Å². The molecule has 0 unspecified atom stereocenters. The Kier molecular flexibility index (Phi) is 21.8. The highest BCUT2D eigenvalue weighted by Crippen LogP contribution is 2.38. The first kappa shape index (κ1) is 43.9. The fourth-order valence-electron chi connectivity index (χ4n) is 3.80. The highest BCUT2D eigenvalue weighted by molar-refractivity contribution is 5.71. The molecule has 0 spiro atoms. The summed E-state index contributed by atoms with van der Waals surface area (Å²) in [4.78, 5) is 33.7. The van der Waals surface area contributed by atoms with Crippen LogP contribution in [0.15, 0.2) is 48.5 Å². The number of aryl methyl sites for hydroxylation is 2. The maximum absolute atomic E-state index is 11.6. The molecular weight excluding hydrogens is 568 g/mol. The van der Waals surface area contributed by atoms with Gasteiger partial charge < -0.3 is 19.7 Å². The fraction of sp³-hybridized carbons (Fsp3) is 0.605. The molecule has 2 N–H and O–H groups in total. The number of carboxylic acids is 1. The number of aliphatic hydroxyl groups is 1. The standard InChI is InChI=1S/C17H24O3.C15H20O4.3C2H6/c1-16(2,3)20-15(18)9-8-13-4-6-14(7-5-13)12-17(19)10-11-17;1-15(2,3)19-14(18)9-8-11-4-6-12(7-5-11)10-13(16)17;3*1-2/h4-7,19H,8-12H2,1-3H3;4-7H,8-10H2,1-3H3,(H,16,17);3*1-2H3. The molecule has 0 saturated heterocycles. The first-order valence-electron chi connectivity index (χ1n) is 16.6. The average Bonchev–Trinajstić information content (AvgIpc) is 3.70. The zero-order chi connectivity index (χ0) is 35.3. The van der Waals surface area contributed by atoms with E-state index in [1.807, 2.05) is 119 Å². The Morgan fingerprint density at radius 3 is 1.22 bits per heavy atom. The third kappa shape index (κ3) is 23.8. The van der Waals surface area contributed by atoms with Crippen LogP contribution in [0.1, 0.15) is 131 Å². The fourth-order valence-corrected chi connectivity index (χ4v) is 3.80. The number of hydrogen-bond acceptors (Lipinski definition) is 6. The van der Waals surface area contributed by atoms with Crippen molar-refractivity contribution in [3.63, 3.8) is 0 Å². The summed E-state index contributed by atoms with van der Waals surface area (Å²) in [6.07, 6.45) is 4.60. The number of esters is 2. The second-order valence-electron chi connectivity index (χ2n) is 12.3. The molecule has 2 aromatic carbocycles. The van der Waals surface area contributed by atoms with Gasteiger partial charge in [-0.2, -0.15) is 0 Å². The van der Waals surface area contributed by atoms with Crippen molar-refractivity contribution >= 4 is 17.9 Å². The van der Waals surface area contributed by atoms with Gasteiger partial charge >= 0.3 is 17.9 Å². The van der Waals surface area contributed by atoms with Gasteiger partial charge in [0.2, 0.25) is 0 Å². The van der Waals surface area contributed by atoms with Crippen LogP contribution in [0, 0.1) is 0 Å². The van der Waals surface area contributed by atoms with Gasteiger partial charge in [0.05, 0.1) is 12.0 Å². The topological polar surface area (TPSA) is 110 Å². The summed E-state index contributed by atoms with van der Waals surface area (Å²) in [6.45, 7) is 23.1. The molecule has 0 aliphatic heterocycles. The monoisotopic (exact) mass is 630 g/mol. The van der Waals surface area contributed by atoms with Gasteiger partial charge in [-0.1, -0.05) is 90.1 Å². The molecule has 0 amide bonds. The summed E-state index contributed by atoms with van der Waals surface area (Å²) in [7, 11) is 0. The van der Waals surface area contributed by atoms with Crippen molar-refractivity contribution in [3.05, 3.63) is 70.8 Å². The summed E-state index contributed by atoms with van der Waals surface area (Å²) >= 11 is 0. The van der Waals surface area contributed by atoms with Crippen molar-refractivity contribution in [2.24, 2.45) is 0 Å². The highest BCUT2D eigenvalue weighted by Gasteiger charge is 2.39. The molecule has 0 atom stereocenters. The van der Waals surface area contributed by atoms with Gasteiger partial charge in [0.15, 0.2) is 0 Å². The van der Waals surface area contributed by atoms with Gasteiger partial charge in [0, 0.05) is 19.3 Å². The summed E-state index contributed by atoms with van der Waals surface area (Å²) in [5, 5.41) is 18.5. The molecule has 256 valence electrons. The lowest BCUT2D eigenvalue weighted by molar-refractivity contribution is -0.155. The van der Waals surface area contributed by atoms with E-state index in [9.17, 15) is 19.5 Å². The molecule has 0 radical (unpaired) electrons. The smallest absolute Gasteiger partial charge is 0.307 e. The Bertz CT molecular complexity index is 1080. The lowest BCUT2D eigenvalue weighted by Gasteiger charge is -2.19. The van der Waals surface area contributed by atoms with E-state index in [2.05, 4.69) is 0 Å². The van der Waals surface area contributed by atoms with Crippen molar-refractivity contribution < 1.29 is 34.1 Å². The van der Waals surface area contributed by atoms with E-state index in [0.29, 0.717) is 25.7 Å². The van der Waals surface area contributed by atoms with Crippen molar-refractivity contribution in [2.45, 2.75) is 151 Å². The summed E-state index contributed by atoms with van der Waals surface area (Å²) in [6, 6.07) is 15.4. The quantitative estimate of drug-likeness (QED) is 0.253. The number of ether oxygens (including phenoxy) is 2. The minimum atomic E-state index is -0.846. The van der Waals surface area contributed by atoms with Crippen molar-refractivity contribution in [3.8, 4) is 0 Å². The molecule has 2 aromatic rings. The minimum absolute atomic E-state index is 0.0202. The number of rotatable bonds is 10. The number of benzene rings is 2. The molecular formula is C38H62O7. The van der Waals surface area contributed by atoms with Gasteiger partial charge in [-0.3, -0.25) is 14.4 Å².